The fourth-order valence-electron chi connectivity index (χ4n) is 5.38. The minimum Gasteiger partial charge on any atom is -0.493 e. The van der Waals surface area contributed by atoms with Crippen molar-refractivity contribution < 1.29 is 27.6 Å². The maximum atomic E-state index is 10.5. The van der Waals surface area contributed by atoms with Gasteiger partial charge in [0.25, 0.3) is 10.1 Å². The summed E-state index contributed by atoms with van der Waals surface area (Å²) < 4.78 is 42.7. The van der Waals surface area contributed by atoms with Gasteiger partial charge in [0, 0.05) is 35.6 Å². The smallest absolute Gasteiger partial charge is 0.294 e. The van der Waals surface area contributed by atoms with Crippen molar-refractivity contribution in [2.45, 2.75) is 56.1 Å². The number of hydrogen-bond donors (Lipinski definition) is 2. The molecule has 0 amide bonds. The molecule has 4 aromatic rings. The average Bonchev–Trinajstić information content (AvgIpc) is 3.52. The van der Waals surface area contributed by atoms with Crippen LogP contribution in [-0.4, -0.2) is 64.4 Å². The molecule has 11 heteroatoms. The second-order valence-corrected chi connectivity index (χ2v) is 11.7. The van der Waals surface area contributed by atoms with Crippen LogP contribution in [0.25, 0.3) is 5.82 Å². The van der Waals surface area contributed by atoms with Gasteiger partial charge in [-0.05, 0) is 81.1 Å². The third-order valence-corrected chi connectivity index (χ3v) is 8.32. The van der Waals surface area contributed by atoms with Gasteiger partial charge >= 0.3 is 0 Å². The Bertz CT molecular complexity index is 1650. The number of aliphatic hydroxyl groups excluding tert-OH is 1. The number of nitrogens with zero attached hydrogens (tertiary/aromatic N) is 4. The van der Waals surface area contributed by atoms with Gasteiger partial charge in [0.05, 0.1) is 36.5 Å². The number of ether oxygens (including phenoxy) is 2. The van der Waals surface area contributed by atoms with E-state index in [9.17, 15) is 13.5 Å². The zero-order valence-electron chi connectivity index (χ0n) is 23.7. The number of hydrogen-bond acceptors (Lipinski definition) is 8. The third-order valence-electron chi connectivity index (χ3n) is 7.45. The van der Waals surface area contributed by atoms with Crippen LogP contribution in [0.2, 0.25) is 0 Å². The van der Waals surface area contributed by atoms with E-state index in [-0.39, 0.29) is 23.0 Å². The second-order valence-electron chi connectivity index (χ2n) is 10.3. The quantitative estimate of drug-likeness (QED) is 0.307. The maximum absolute atomic E-state index is 10.5. The number of fused-ring (bicyclic) bond motifs is 3. The molecule has 10 nitrogen and oxygen atoms in total. The molecule has 2 aromatic carbocycles. The van der Waals surface area contributed by atoms with Gasteiger partial charge in [-0.15, -0.1) is 0 Å². The molecule has 3 atom stereocenters. The molecule has 0 bridgehead atoms. The topological polar surface area (TPSA) is 136 Å². The molecule has 0 spiro atoms. The summed E-state index contributed by atoms with van der Waals surface area (Å²) in [5.41, 5.74) is 5.00. The standard InChI is InChI=1S/C24H26N4O3.C7H8O3S/c1-3-31-22-12-17-18-11-16(29)6-7-20(18)27-24(19(17)13-21(22)30-2)15-5-8-23(25-14-15)28-10-4-9-26-28;1-6-2-4-7(5-3-6)11(8,9)10/h4-5,8-10,12-14,16,18,20,29H,3,6-7,11H2,1-2H3;2-5H,1H3,(H,8,9,10)/t16-,18-,20-;/m1./s1. The van der Waals surface area contributed by atoms with E-state index < -0.39 is 10.1 Å². The molecular weight excluding hydrogens is 556 g/mol. The number of aliphatic hydroxyl groups is 1. The molecule has 220 valence electrons. The Morgan fingerprint density at radius 2 is 1.86 bits per heavy atom. The lowest BCUT2D eigenvalue weighted by molar-refractivity contribution is 0.111. The summed E-state index contributed by atoms with van der Waals surface area (Å²) in [5, 5.41) is 14.6. The van der Waals surface area contributed by atoms with E-state index in [2.05, 4.69) is 16.1 Å². The second kappa shape index (κ2) is 12.4. The first-order chi connectivity index (χ1) is 20.2. The Morgan fingerprint density at radius 1 is 1.07 bits per heavy atom. The molecule has 1 aliphatic carbocycles. The van der Waals surface area contributed by atoms with E-state index in [1.165, 1.54) is 12.1 Å². The number of methoxy groups -OCH3 is 1. The van der Waals surface area contributed by atoms with Crippen molar-refractivity contribution in [3.8, 4) is 17.3 Å². The van der Waals surface area contributed by atoms with Crippen LogP contribution in [0.3, 0.4) is 0 Å². The van der Waals surface area contributed by atoms with Gasteiger partial charge in [-0.3, -0.25) is 9.55 Å². The molecule has 2 N–H and O–H groups in total. The van der Waals surface area contributed by atoms with Crippen LogP contribution in [0.1, 0.15) is 54.4 Å². The zero-order chi connectivity index (χ0) is 29.9. The summed E-state index contributed by atoms with van der Waals surface area (Å²) >= 11 is 0. The number of rotatable bonds is 6. The summed E-state index contributed by atoms with van der Waals surface area (Å²) in [4.78, 5) is 9.67. The number of aryl methyl sites for hydroxylation is 1. The van der Waals surface area contributed by atoms with Crippen LogP contribution < -0.4 is 9.47 Å². The van der Waals surface area contributed by atoms with Crippen LogP contribution in [0.4, 0.5) is 0 Å². The SMILES string of the molecule is CCOc1cc2c(cc1OC)C(c1ccc(-n3cccn3)nc1)=N[C@@H]1CC[C@@H](O)C[C@H]21.Cc1ccc(S(=O)(=O)O)cc1. The van der Waals surface area contributed by atoms with Gasteiger partial charge in [0.15, 0.2) is 17.3 Å². The van der Waals surface area contributed by atoms with E-state index >= 15 is 0 Å². The largest absolute Gasteiger partial charge is 0.493 e. The molecular formula is C31H34N4O6S. The molecule has 1 fully saturated rings. The highest BCUT2D eigenvalue weighted by molar-refractivity contribution is 7.85. The van der Waals surface area contributed by atoms with Crippen LogP contribution in [0, 0.1) is 6.92 Å². The minimum absolute atomic E-state index is 0.0666. The van der Waals surface area contributed by atoms with Gasteiger partial charge in [0.2, 0.25) is 0 Å². The molecule has 0 saturated heterocycles. The Kier molecular flexibility index (Phi) is 8.72. The Hall–Kier alpha value is -4.06. The maximum Gasteiger partial charge on any atom is 0.294 e. The average molecular weight is 591 g/mol. The van der Waals surface area contributed by atoms with Crippen LogP contribution >= 0.6 is 0 Å². The van der Waals surface area contributed by atoms with E-state index in [1.807, 2.05) is 50.5 Å². The summed E-state index contributed by atoms with van der Waals surface area (Å²) in [6.45, 7) is 4.37. The fraction of sp³-hybridized carbons (Fsp3) is 0.323. The fourth-order valence-corrected chi connectivity index (χ4v) is 5.86. The van der Waals surface area contributed by atoms with Gasteiger partial charge in [-0.25, -0.2) is 9.67 Å². The monoisotopic (exact) mass is 590 g/mol. The van der Waals surface area contributed by atoms with E-state index in [1.54, 1.807) is 30.1 Å². The summed E-state index contributed by atoms with van der Waals surface area (Å²) in [6.07, 6.45) is 7.51. The highest BCUT2D eigenvalue weighted by atomic mass is 32.2. The van der Waals surface area contributed by atoms with Gasteiger partial charge in [-0.1, -0.05) is 17.7 Å². The van der Waals surface area contributed by atoms with Crippen LogP contribution in [0.5, 0.6) is 11.5 Å². The normalized spacial score (nSPS) is 19.5. The lowest BCUT2D eigenvalue weighted by atomic mass is 9.74. The lowest BCUT2D eigenvalue weighted by Gasteiger charge is -2.37. The highest BCUT2D eigenvalue weighted by Gasteiger charge is 2.37. The van der Waals surface area contributed by atoms with Crippen molar-refractivity contribution in [1.29, 1.82) is 0 Å². The molecule has 1 saturated carbocycles. The van der Waals surface area contributed by atoms with Crippen molar-refractivity contribution in [2.24, 2.45) is 4.99 Å². The molecule has 1 aliphatic heterocycles. The van der Waals surface area contributed by atoms with Crippen molar-refractivity contribution in [2.75, 3.05) is 13.7 Å². The highest BCUT2D eigenvalue weighted by Crippen LogP contribution is 2.45. The molecule has 2 aromatic heterocycles. The van der Waals surface area contributed by atoms with Gasteiger partial charge in [-0.2, -0.15) is 13.5 Å². The van der Waals surface area contributed by atoms with Gasteiger partial charge < -0.3 is 14.6 Å². The molecule has 0 radical (unpaired) electrons. The summed E-state index contributed by atoms with van der Waals surface area (Å²) in [7, 11) is -2.37. The van der Waals surface area contributed by atoms with Crippen molar-refractivity contribution >= 4 is 15.8 Å². The first-order valence-electron chi connectivity index (χ1n) is 13.8. The number of aromatic nitrogens is 3. The lowest BCUT2D eigenvalue weighted by Crippen LogP contribution is -2.34. The minimum atomic E-state index is -4.02. The van der Waals surface area contributed by atoms with E-state index in [4.69, 9.17) is 19.0 Å². The Labute approximate surface area is 245 Å². The van der Waals surface area contributed by atoms with Crippen molar-refractivity contribution in [3.05, 3.63) is 95.4 Å². The Morgan fingerprint density at radius 3 is 2.48 bits per heavy atom. The van der Waals surface area contributed by atoms with Crippen LogP contribution in [0.15, 0.2) is 83.1 Å². The number of benzene rings is 2. The third kappa shape index (κ3) is 6.38. The summed E-state index contributed by atoms with van der Waals surface area (Å²) in [6, 6.07) is 16.1. The molecule has 6 rings (SSSR count). The number of pyridine rings is 1. The predicted octanol–water partition coefficient (Wildman–Crippen LogP) is 4.76. The number of aliphatic imine (C=N–C) groups is 1. The molecule has 0 unspecified atom stereocenters. The summed E-state index contributed by atoms with van der Waals surface area (Å²) in [5.74, 6) is 2.34. The molecule has 2 aliphatic rings. The Balaban J connectivity index is 0.000000271. The van der Waals surface area contributed by atoms with Gasteiger partial charge in [0.1, 0.15) is 0 Å². The van der Waals surface area contributed by atoms with Crippen LogP contribution in [-0.2, 0) is 10.1 Å². The molecule has 42 heavy (non-hydrogen) atoms. The van der Waals surface area contributed by atoms with E-state index in [0.29, 0.717) is 18.8 Å². The zero-order valence-corrected chi connectivity index (χ0v) is 24.5. The van der Waals surface area contributed by atoms with E-state index in [0.717, 1.165) is 52.4 Å². The predicted molar refractivity (Wildman–Crippen MR) is 159 cm³/mol. The molecule has 3 heterocycles. The first-order valence-corrected chi connectivity index (χ1v) is 15.2. The van der Waals surface area contributed by atoms with Crippen molar-refractivity contribution in [3.63, 3.8) is 0 Å². The van der Waals surface area contributed by atoms with Crippen molar-refractivity contribution in [1.82, 2.24) is 14.8 Å². The first kappa shape index (κ1) is 29.4.